The molecule has 0 bridgehead atoms. The van der Waals surface area contributed by atoms with Gasteiger partial charge in [0.05, 0.1) is 6.04 Å². The second kappa shape index (κ2) is 13.9. The van der Waals surface area contributed by atoms with Gasteiger partial charge in [-0.2, -0.15) is 0 Å². The fourth-order valence-corrected chi connectivity index (χ4v) is 4.63. The van der Waals surface area contributed by atoms with Gasteiger partial charge < -0.3 is 9.84 Å². The Bertz CT molecular complexity index is 944. The summed E-state index contributed by atoms with van der Waals surface area (Å²) in [7, 11) is 0. The molecule has 7 heteroatoms. The van der Waals surface area contributed by atoms with Crippen molar-refractivity contribution in [1.82, 2.24) is 9.80 Å². The first-order valence-electron chi connectivity index (χ1n) is 11.2. The normalized spacial score (nSPS) is 15.3. The third-order valence-corrected chi connectivity index (χ3v) is 6.27. The van der Waals surface area contributed by atoms with Crippen LogP contribution in [0.3, 0.4) is 0 Å². The highest BCUT2D eigenvalue weighted by Gasteiger charge is 2.27. The van der Waals surface area contributed by atoms with Gasteiger partial charge in [-0.15, -0.1) is 24.8 Å². The summed E-state index contributed by atoms with van der Waals surface area (Å²) in [6, 6.07) is 27.2. The Kier molecular flexibility index (Phi) is 11.7. The molecule has 1 unspecified atom stereocenters. The highest BCUT2D eigenvalue weighted by Crippen LogP contribution is 2.29. The molecule has 1 fully saturated rings. The molecule has 0 saturated carbocycles. The molecule has 0 aromatic heterocycles. The molecule has 4 nitrogen and oxygen atoms in total. The molecule has 4 rings (SSSR count). The van der Waals surface area contributed by atoms with E-state index in [1.807, 2.05) is 25.1 Å². The SMILES string of the molecule is Cc1cc(Cl)ccc1OCC(O)CN1CCN(C(c2ccccc2)c2ccccc2)CC1.Cl.Cl. The Morgan fingerprint density at radius 1 is 0.853 bits per heavy atom. The maximum Gasteiger partial charge on any atom is 0.122 e. The molecule has 3 aromatic carbocycles. The van der Waals surface area contributed by atoms with Crippen LogP contribution in [0.2, 0.25) is 5.02 Å². The first-order chi connectivity index (χ1) is 15.6. The van der Waals surface area contributed by atoms with Crippen molar-refractivity contribution in [2.24, 2.45) is 0 Å². The lowest BCUT2D eigenvalue weighted by Gasteiger charge is -2.40. The van der Waals surface area contributed by atoms with Gasteiger partial charge in [0.25, 0.3) is 0 Å². The van der Waals surface area contributed by atoms with E-state index in [1.165, 1.54) is 11.1 Å². The van der Waals surface area contributed by atoms with Gasteiger partial charge in [-0.25, -0.2) is 0 Å². The molecule has 1 aliphatic heterocycles. The van der Waals surface area contributed by atoms with Crippen molar-refractivity contribution in [2.45, 2.75) is 19.1 Å². The highest BCUT2D eigenvalue weighted by molar-refractivity contribution is 6.30. The molecule has 1 N–H and O–H groups in total. The Hall–Kier alpha value is -1.79. The van der Waals surface area contributed by atoms with Crippen LogP contribution in [0.1, 0.15) is 22.7 Å². The van der Waals surface area contributed by atoms with E-state index < -0.39 is 6.10 Å². The summed E-state index contributed by atoms with van der Waals surface area (Å²) in [5.41, 5.74) is 3.61. The van der Waals surface area contributed by atoms with Crippen LogP contribution in [-0.2, 0) is 0 Å². The second-order valence-electron chi connectivity index (χ2n) is 8.44. The average molecular weight is 524 g/mol. The first kappa shape index (κ1) is 28.4. The maximum absolute atomic E-state index is 10.5. The van der Waals surface area contributed by atoms with E-state index in [1.54, 1.807) is 0 Å². The topological polar surface area (TPSA) is 35.9 Å². The number of hydrogen-bond acceptors (Lipinski definition) is 4. The fourth-order valence-electron chi connectivity index (χ4n) is 4.40. The molecule has 1 atom stereocenters. The largest absolute Gasteiger partial charge is 0.491 e. The van der Waals surface area contributed by atoms with Gasteiger partial charge in [-0.05, 0) is 41.8 Å². The quantitative estimate of drug-likeness (QED) is 0.415. The molecule has 1 heterocycles. The molecule has 184 valence electrons. The number of aryl methyl sites for hydroxylation is 1. The molecule has 34 heavy (non-hydrogen) atoms. The summed E-state index contributed by atoms with van der Waals surface area (Å²) in [6.45, 7) is 6.61. The highest BCUT2D eigenvalue weighted by atomic mass is 35.5. The van der Waals surface area contributed by atoms with E-state index in [-0.39, 0.29) is 37.5 Å². The minimum atomic E-state index is -0.532. The maximum atomic E-state index is 10.5. The molecule has 1 aliphatic rings. The van der Waals surface area contributed by atoms with E-state index in [4.69, 9.17) is 16.3 Å². The van der Waals surface area contributed by atoms with Crippen molar-refractivity contribution in [2.75, 3.05) is 39.3 Å². The number of aliphatic hydroxyl groups is 1. The van der Waals surface area contributed by atoms with Crippen LogP contribution >= 0.6 is 36.4 Å². The molecular weight excluding hydrogens is 491 g/mol. The van der Waals surface area contributed by atoms with Crippen molar-refractivity contribution in [3.8, 4) is 5.75 Å². The number of nitrogens with zero attached hydrogens (tertiary/aromatic N) is 2. The fraction of sp³-hybridized carbons (Fsp3) is 0.333. The summed E-state index contributed by atoms with van der Waals surface area (Å²) in [6.07, 6.45) is -0.532. The van der Waals surface area contributed by atoms with Crippen LogP contribution in [0.4, 0.5) is 0 Å². The third-order valence-electron chi connectivity index (χ3n) is 6.04. The van der Waals surface area contributed by atoms with Crippen molar-refractivity contribution in [3.63, 3.8) is 0 Å². The summed E-state index contributed by atoms with van der Waals surface area (Å²) in [5, 5.41) is 11.2. The van der Waals surface area contributed by atoms with Gasteiger partial charge in [0, 0.05) is 37.7 Å². The predicted molar refractivity (Wildman–Crippen MR) is 145 cm³/mol. The van der Waals surface area contributed by atoms with Gasteiger partial charge in [-0.1, -0.05) is 72.3 Å². The minimum absolute atomic E-state index is 0. The van der Waals surface area contributed by atoms with Crippen LogP contribution in [0.5, 0.6) is 5.75 Å². The van der Waals surface area contributed by atoms with Gasteiger partial charge in [0.1, 0.15) is 18.5 Å². The van der Waals surface area contributed by atoms with Crippen LogP contribution < -0.4 is 4.74 Å². The Balaban J connectivity index is 0.00000204. The van der Waals surface area contributed by atoms with Crippen molar-refractivity contribution < 1.29 is 9.84 Å². The minimum Gasteiger partial charge on any atom is -0.491 e. The number of ether oxygens (including phenoxy) is 1. The van der Waals surface area contributed by atoms with E-state index in [0.29, 0.717) is 11.6 Å². The van der Waals surface area contributed by atoms with Gasteiger partial charge in [0.15, 0.2) is 0 Å². The van der Waals surface area contributed by atoms with E-state index >= 15 is 0 Å². The zero-order valence-electron chi connectivity index (χ0n) is 19.3. The lowest BCUT2D eigenvalue weighted by molar-refractivity contribution is 0.0399. The summed E-state index contributed by atoms with van der Waals surface area (Å²) >= 11 is 6.01. The van der Waals surface area contributed by atoms with Crippen LogP contribution in [0.25, 0.3) is 0 Å². The molecular formula is C27H33Cl3N2O2. The van der Waals surface area contributed by atoms with E-state index in [9.17, 15) is 5.11 Å². The Morgan fingerprint density at radius 2 is 1.41 bits per heavy atom. The molecule has 0 amide bonds. The van der Waals surface area contributed by atoms with Crippen LogP contribution in [-0.4, -0.2) is 60.3 Å². The van der Waals surface area contributed by atoms with Crippen LogP contribution in [0, 0.1) is 6.92 Å². The summed E-state index contributed by atoms with van der Waals surface area (Å²) < 4.78 is 5.82. The number of rotatable bonds is 8. The smallest absolute Gasteiger partial charge is 0.122 e. The predicted octanol–water partition coefficient (Wildman–Crippen LogP) is 5.64. The van der Waals surface area contributed by atoms with E-state index in [0.717, 1.165) is 37.5 Å². The zero-order valence-corrected chi connectivity index (χ0v) is 21.7. The monoisotopic (exact) mass is 522 g/mol. The molecule has 3 aromatic rings. The van der Waals surface area contributed by atoms with Gasteiger partial charge in [-0.3, -0.25) is 9.80 Å². The van der Waals surface area contributed by atoms with Crippen molar-refractivity contribution >= 4 is 36.4 Å². The first-order valence-corrected chi connectivity index (χ1v) is 11.6. The lowest BCUT2D eigenvalue weighted by atomic mass is 9.96. The van der Waals surface area contributed by atoms with E-state index in [2.05, 4.69) is 70.5 Å². The summed E-state index contributed by atoms with van der Waals surface area (Å²) in [4.78, 5) is 4.87. The number of benzene rings is 3. The number of halogens is 3. The molecule has 0 aliphatic carbocycles. The van der Waals surface area contributed by atoms with Crippen molar-refractivity contribution in [3.05, 3.63) is 101 Å². The Morgan fingerprint density at radius 3 is 1.94 bits per heavy atom. The van der Waals surface area contributed by atoms with Gasteiger partial charge in [0.2, 0.25) is 0 Å². The summed E-state index contributed by atoms with van der Waals surface area (Å²) in [5.74, 6) is 0.770. The Labute approximate surface area is 220 Å². The zero-order chi connectivity index (χ0) is 22.3. The third kappa shape index (κ3) is 7.61. The molecule has 0 radical (unpaired) electrons. The lowest BCUT2D eigenvalue weighted by Crippen LogP contribution is -2.50. The van der Waals surface area contributed by atoms with Crippen LogP contribution in [0.15, 0.2) is 78.9 Å². The number of β-amino-alcohol motifs (C(OH)–C–C–N with tert-alkyl or cyclic N) is 1. The number of hydrogen-bond donors (Lipinski definition) is 1. The second-order valence-corrected chi connectivity index (χ2v) is 8.87. The molecule has 1 saturated heterocycles. The average Bonchev–Trinajstić information content (AvgIpc) is 2.81. The number of piperazine rings is 1. The van der Waals surface area contributed by atoms with Gasteiger partial charge >= 0.3 is 0 Å². The molecule has 0 spiro atoms. The number of aliphatic hydroxyl groups excluding tert-OH is 1. The van der Waals surface area contributed by atoms with Crippen molar-refractivity contribution in [1.29, 1.82) is 0 Å². The standard InChI is InChI=1S/C27H31ClN2O2.2ClH/c1-21-18-24(28)12-13-26(21)32-20-25(31)19-29-14-16-30(17-15-29)27(22-8-4-2-5-9-22)23-10-6-3-7-11-23;;/h2-13,18,25,27,31H,14-17,19-20H2,1H3;2*1H.